The maximum Gasteiger partial charge on any atom is 0.253 e. The van der Waals surface area contributed by atoms with Crippen molar-refractivity contribution in [1.82, 2.24) is 9.88 Å². The summed E-state index contributed by atoms with van der Waals surface area (Å²) in [6.07, 6.45) is 3.40. The number of amides is 1. The van der Waals surface area contributed by atoms with Crippen molar-refractivity contribution in [3.8, 4) is 17.3 Å². The first-order valence-electron chi connectivity index (χ1n) is 9.35. The summed E-state index contributed by atoms with van der Waals surface area (Å²) < 4.78 is 5.73. The minimum Gasteiger partial charge on any atom is -0.376 e. The van der Waals surface area contributed by atoms with E-state index in [0.29, 0.717) is 23.4 Å². The Kier molecular flexibility index (Phi) is 5.88. The molecule has 1 aliphatic rings. The second-order valence-electron chi connectivity index (χ2n) is 7.17. The fraction of sp³-hybridized carbons (Fsp3) is 0.409. The summed E-state index contributed by atoms with van der Waals surface area (Å²) in [7, 11) is 1.81. The van der Waals surface area contributed by atoms with E-state index < -0.39 is 0 Å². The molecule has 1 atom stereocenters. The van der Waals surface area contributed by atoms with Gasteiger partial charge in [-0.25, -0.2) is 0 Å². The second-order valence-corrected chi connectivity index (χ2v) is 7.17. The number of hydrogen-bond acceptors (Lipinski definition) is 4. The van der Waals surface area contributed by atoms with Gasteiger partial charge in [-0.2, -0.15) is 5.26 Å². The third-order valence-electron chi connectivity index (χ3n) is 4.96. The van der Waals surface area contributed by atoms with Gasteiger partial charge in [0, 0.05) is 37.0 Å². The molecule has 140 valence electrons. The van der Waals surface area contributed by atoms with Crippen LogP contribution in [0.1, 0.15) is 46.4 Å². The van der Waals surface area contributed by atoms with Gasteiger partial charge in [0.05, 0.1) is 17.4 Å². The lowest BCUT2D eigenvalue weighted by Gasteiger charge is -2.27. The Balaban J connectivity index is 1.77. The number of aromatic nitrogens is 1. The molecule has 1 aromatic heterocycles. The minimum atomic E-state index is -0.0235. The predicted octanol–water partition coefficient (Wildman–Crippen LogP) is 3.88. The van der Waals surface area contributed by atoms with Crippen molar-refractivity contribution in [2.24, 2.45) is 0 Å². The van der Waals surface area contributed by atoms with E-state index in [2.05, 4.69) is 11.1 Å². The van der Waals surface area contributed by atoms with E-state index in [9.17, 15) is 10.1 Å². The van der Waals surface area contributed by atoms with Crippen LogP contribution >= 0.6 is 0 Å². The van der Waals surface area contributed by atoms with Gasteiger partial charge in [-0.3, -0.25) is 9.78 Å². The Hall–Kier alpha value is -2.71. The highest BCUT2D eigenvalue weighted by molar-refractivity contribution is 5.94. The number of hydrogen-bond donors (Lipinski definition) is 0. The van der Waals surface area contributed by atoms with Crippen LogP contribution in [-0.4, -0.2) is 42.1 Å². The van der Waals surface area contributed by atoms with Gasteiger partial charge >= 0.3 is 0 Å². The van der Waals surface area contributed by atoms with Crippen molar-refractivity contribution in [1.29, 1.82) is 5.26 Å². The van der Waals surface area contributed by atoms with E-state index in [4.69, 9.17) is 4.74 Å². The largest absolute Gasteiger partial charge is 0.376 e. The highest BCUT2D eigenvalue weighted by atomic mass is 16.5. The van der Waals surface area contributed by atoms with Gasteiger partial charge in [0.15, 0.2) is 0 Å². The average Bonchev–Trinajstić information content (AvgIpc) is 2.68. The van der Waals surface area contributed by atoms with Crippen LogP contribution in [0.15, 0.2) is 30.3 Å². The van der Waals surface area contributed by atoms with Gasteiger partial charge in [0.1, 0.15) is 6.07 Å². The van der Waals surface area contributed by atoms with Crippen molar-refractivity contribution in [3.05, 3.63) is 52.7 Å². The summed E-state index contributed by atoms with van der Waals surface area (Å²) in [5.74, 6) is -0.0235. The maximum atomic E-state index is 12.7. The number of pyridine rings is 1. The van der Waals surface area contributed by atoms with Crippen LogP contribution in [0, 0.1) is 25.2 Å². The van der Waals surface area contributed by atoms with Crippen molar-refractivity contribution < 1.29 is 9.53 Å². The highest BCUT2D eigenvalue weighted by Crippen LogP contribution is 2.25. The Labute approximate surface area is 160 Å². The number of ether oxygens (including phenoxy) is 1. The van der Waals surface area contributed by atoms with Crippen molar-refractivity contribution >= 4 is 5.91 Å². The molecular weight excluding hydrogens is 338 g/mol. The molecule has 0 radical (unpaired) electrons. The molecule has 1 aliphatic heterocycles. The number of nitriles is 1. The summed E-state index contributed by atoms with van der Waals surface area (Å²) in [4.78, 5) is 19.0. The molecule has 0 N–H and O–H groups in total. The monoisotopic (exact) mass is 363 g/mol. The molecule has 0 aliphatic carbocycles. The molecule has 5 nitrogen and oxygen atoms in total. The first-order valence-corrected chi connectivity index (χ1v) is 9.35. The highest BCUT2D eigenvalue weighted by Gasteiger charge is 2.20. The molecule has 3 rings (SSSR count). The molecule has 0 saturated carbocycles. The SMILES string of the molecule is Cc1cc(C)c(C#N)c(-c2ccc(C(=O)N(C)C[C@@H]3CCCCO3)cc2)n1. The van der Waals surface area contributed by atoms with Crippen LogP contribution in [0.4, 0.5) is 0 Å². The number of rotatable bonds is 4. The lowest BCUT2D eigenvalue weighted by molar-refractivity contribution is -0.000186. The standard InChI is InChI=1S/C22H25N3O2/c1-15-12-16(2)24-21(20(15)13-23)17-7-9-18(10-8-17)22(26)25(3)14-19-6-4-5-11-27-19/h7-10,12,19H,4-6,11,14H2,1-3H3/t19-/m0/s1. The normalized spacial score (nSPS) is 16.6. The third kappa shape index (κ3) is 4.35. The van der Waals surface area contributed by atoms with Gasteiger partial charge in [0.25, 0.3) is 5.91 Å². The Morgan fingerprint density at radius 2 is 2.04 bits per heavy atom. The number of benzene rings is 1. The lowest BCUT2D eigenvalue weighted by Crippen LogP contribution is -2.37. The molecule has 2 aromatic rings. The Morgan fingerprint density at radius 3 is 2.67 bits per heavy atom. The van der Waals surface area contributed by atoms with Crippen LogP contribution < -0.4 is 0 Å². The molecule has 1 aromatic carbocycles. The zero-order chi connectivity index (χ0) is 19.4. The second kappa shape index (κ2) is 8.32. The zero-order valence-electron chi connectivity index (χ0n) is 16.2. The average molecular weight is 363 g/mol. The summed E-state index contributed by atoms with van der Waals surface area (Å²) in [6.45, 7) is 5.22. The number of aryl methyl sites for hydroxylation is 2. The first-order chi connectivity index (χ1) is 13.0. The molecule has 1 fully saturated rings. The third-order valence-corrected chi connectivity index (χ3v) is 4.96. The van der Waals surface area contributed by atoms with Gasteiger partial charge in [-0.15, -0.1) is 0 Å². The maximum absolute atomic E-state index is 12.7. The molecule has 0 spiro atoms. The van der Waals surface area contributed by atoms with Gasteiger partial charge in [0.2, 0.25) is 0 Å². The fourth-order valence-corrected chi connectivity index (χ4v) is 3.52. The van der Waals surface area contributed by atoms with Crippen LogP contribution in [-0.2, 0) is 4.74 Å². The van der Waals surface area contributed by atoms with E-state index in [1.165, 1.54) is 0 Å². The number of carbonyl (C=O) groups is 1. The molecule has 2 heterocycles. The van der Waals surface area contributed by atoms with Crippen molar-refractivity contribution in [2.45, 2.75) is 39.2 Å². The summed E-state index contributed by atoms with van der Waals surface area (Å²) in [6, 6.07) is 11.5. The molecule has 0 unspecified atom stereocenters. The number of nitrogens with zero attached hydrogens (tertiary/aromatic N) is 3. The smallest absolute Gasteiger partial charge is 0.253 e. The van der Waals surface area contributed by atoms with Gasteiger partial charge in [-0.1, -0.05) is 12.1 Å². The van der Waals surface area contributed by atoms with E-state index in [0.717, 1.165) is 42.7 Å². The Bertz CT molecular complexity index is 862. The summed E-state index contributed by atoms with van der Waals surface area (Å²) >= 11 is 0. The van der Waals surface area contributed by atoms with E-state index in [1.807, 2.05) is 39.1 Å². The molecule has 1 saturated heterocycles. The predicted molar refractivity (Wildman–Crippen MR) is 104 cm³/mol. The first kappa shape index (κ1) is 19.1. The van der Waals surface area contributed by atoms with Gasteiger partial charge in [-0.05, 0) is 56.9 Å². The molecular formula is C22H25N3O2. The van der Waals surface area contributed by atoms with Crippen molar-refractivity contribution in [3.63, 3.8) is 0 Å². The van der Waals surface area contributed by atoms with Gasteiger partial charge < -0.3 is 9.64 Å². The van der Waals surface area contributed by atoms with Crippen LogP contribution in [0.3, 0.4) is 0 Å². The van der Waals surface area contributed by atoms with Crippen LogP contribution in [0.25, 0.3) is 11.3 Å². The molecule has 27 heavy (non-hydrogen) atoms. The van der Waals surface area contributed by atoms with Crippen molar-refractivity contribution in [2.75, 3.05) is 20.2 Å². The fourth-order valence-electron chi connectivity index (χ4n) is 3.52. The number of carbonyl (C=O) groups excluding carboxylic acids is 1. The van der Waals surface area contributed by atoms with Crippen LogP contribution in [0.5, 0.6) is 0 Å². The van der Waals surface area contributed by atoms with E-state index in [1.54, 1.807) is 17.0 Å². The molecule has 5 heteroatoms. The Morgan fingerprint density at radius 1 is 1.30 bits per heavy atom. The minimum absolute atomic E-state index is 0.0235. The quantitative estimate of drug-likeness (QED) is 0.827. The lowest BCUT2D eigenvalue weighted by atomic mass is 10.0. The molecule has 0 bridgehead atoms. The van der Waals surface area contributed by atoms with Crippen LogP contribution in [0.2, 0.25) is 0 Å². The topological polar surface area (TPSA) is 66.2 Å². The van der Waals surface area contributed by atoms with E-state index >= 15 is 0 Å². The van der Waals surface area contributed by atoms with E-state index in [-0.39, 0.29) is 12.0 Å². The summed E-state index contributed by atoms with van der Waals surface area (Å²) in [5, 5.41) is 9.46. The zero-order valence-corrected chi connectivity index (χ0v) is 16.2. The summed E-state index contributed by atoms with van der Waals surface area (Å²) in [5.41, 5.74) is 4.48. The molecule has 1 amide bonds. The number of likely N-dealkylation sites (N-methyl/N-ethyl adjacent to an activating group) is 1.